The second-order valence-corrected chi connectivity index (χ2v) is 7.99. The lowest BCUT2D eigenvalue weighted by Crippen LogP contribution is -2.28. The molecule has 0 unspecified atom stereocenters. The molecular formula is C19H22N4O3S2. The molecule has 0 saturated carbocycles. The van der Waals surface area contributed by atoms with Crippen LogP contribution in [0.3, 0.4) is 0 Å². The zero-order valence-corrected chi connectivity index (χ0v) is 17.7. The summed E-state index contributed by atoms with van der Waals surface area (Å²) in [5.41, 5.74) is 1.55. The number of thioether (sulfide) groups is 1. The van der Waals surface area contributed by atoms with Gasteiger partial charge >= 0.3 is 0 Å². The molecule has 0 aliphatic carbocycles. The zero-order valence-electron chi connectivity index (χ0n) is 16.0. The first-order valence-electron chi connectivity index (χ1n) is 8.98. The maximum absolute atomic E-state index is 13.2. The number of hydrogen-bond donors (Lipinski definition) is 1. The minimum atomic E-state index is -0.241. The summed E-state index contributed by atoms with van der Waals surface area (Å²) in [6.07, 6.45) is 4.08. The van der Waals surface area contributed by atoms with Crippen molar-refractivity contribution in [3.63, 3.8) is 0 Å². The minimum Gasteiger partial charge on any atom is -0.383 e. The van der Waals surface area contributed by atoms with E-state index in [1.807, 2.05) is 19.9 Å². The van der Waals surface area contributed by atoms with Crippen molar-refractivity contribution in [3.05, 3.63) is 44.7 Å². The molecule has 1 saturated heterocycles. The molecule has 1 aliphatic heterocycles. The lowest BCUT2D eigenvalue weighted by molar-refractivity contribution is -0.122. The Kier molecular flexibility index (Phi) is 6.48. The number of rotatable bonds is 7. The second kappa shape index (κ2) is 8.85. The number of carbonyl (C=O) groups excluding carboxylic acids is 1. The molecular weight excluding hydrogens is 396 g/mol. The lowest BCUT2D eigenvalue weighted by Gasteiger charge is -2.13. The molecule has 148 valence electrons. The zero-order chi connectivity index (χ0) is 20.3. The van der Waals surface area contributed by atoms with Crippen LogP contribution in [0.25, 0.3) is 11.7 Å². The van der Waals surface area contributed by atoms with E-state index in [0.29, 0.717) is 46.0 Å². The molecule has 0 spiro atoms. The number of hydrogen-bond acceptors (Lipinski definition) is 7. The Morgan fingerprint density at radius 1 is 1.39 bits per heavy atom. The molecule has 0 aromatic carbocycles. The van der Waals surface area contributed by atoms with Crippen molar-refractivity contribution < 1.29 is 9.53 Å². The van der Waals surface area contributed by atoms with Crippen molar-refractivity contribution >= 4 is 51.7 Å². The number of pyridine rings is 1. The Bertz CT molecular complexity index is 1020. The molecule has 0 bridgehead atoms. The number of anilines is 1. The molecule has 28 heavy (non-hydrogen) atoms. The highest BCUT2D eigenvalue weighted by Crippen LogP contribution is 2.33. The number of aryl methyl sites for hydroxylation is 1. The van der Waals surface area contributed by atoms with Crippen LogP contribution in [0.5, 0.6) is 0 Å². The van der Waals surface area contributed by atoms with E-state index in [1.165, 1.54) is 16.2 Å². The van der Waals surface area contributed by atoms with Gasteiger partial charge in [-0.2, -0.15) is 0 Å². The van der Waals surface area contributed by atoms with Crippen molar-refractivity contribution in [3.8, 4) is 0 Å². The quantitative estimate of drug-likeness (QED) is 0.421. The smallest absolute Gasteiger partial charge is 0.267 e. The van der Waals surface area contributed by atoms with Crippen LogP contribution >= 0.6 is 24.0 Å². The summed E-state index contributed by atoms with van der Waals surface area (Å²) in [6, 6.07) is 3.70. The van der Waals surface area contributed by atoms with Gasteiger partial charge in [-0.3, -0.25) is 18.9 Å². The highest BCUT2D eigenvalue weighted by Gasteiger charge is 2.32. The van der Waals surface area contributed by atoms with E-state index in [2.05, 4.69) is 10.3 Å². The summed E-state index contributed by atoms with van der Waals surface area (Å²) in [5.74, 6) is 0.255. The fourth-order valence-electron chi connectivity index (χ4n) is 2.90. The maximum atomic E-state index is 13.2. The molecule has 2 aromatic heterocycles. The first kappa shape index (κ1) is 20.5. The van der Waals surface area contributed by atoms with Crippen LogP contribution in [0.15, 0.2) is 28.0 Å². The molecule has 7 nitrogen and oxygen atoms in total. The van der Waals surface area contributed by atoms with Crippen LogP contribution in [0, 0.1) is 6.92 Å². The summed E-state index contributed by atoms with van der Waals surface area (Å²) < 4.78 is 7.09. The van der Waals surface area contributed by atoms with Gasteiger partial charge in [-0.05, 0) is 31.1 Å². The lowest BCUT2D eigenvalue weighted by atomic mass is 10.2. The van der Waals surface area contributed by atoms with Crippen LogP contribution < -0.4 is 10.9 Å². The van der Waals surface area contributed by atoms with Crippen molar-refractivity contribution in [2.45, 2.75) is 20.3 Å². The second-order valence-electron chi connectivity index (χ2n) is 6.32. The van der Waals surface area contributed by atoms with E-state index in [0.717, 1.165) is 12.0 Å². The van der Waals surface area contributed by atoms with Gasteiger partial charge in [0.15, 0.2) is 0 Å². The van der Waals surface area contributed by atoms with Gasteiger partial charge in [0.05, 0.1) is 17.1 Å². The van der Waals surface area contributed by atoms with E-state index >= 15 is 0 Å². The van der Waals surface area contributed by atoms with Gasteiger partial charge in [-0.15, -0.1) is 0 Å². The largest absolute Gasteiger partial charge is 0.383 e. The Balaban J connectivity index is 2.12. The van der Waals surface area contributed by atoms with E-state index in [-0.39, 0.29) is 11.5 Å². The van der Waals surface area contributed by atoms with Crippen LogP contribution in [-0.4, -0.2) is 51.3 Å². The van der Waals surface area contributed by atoms with Gasteiger partial charge in [-0.1, -0.05) is 37.0 Å². The first-order chi connectivity index (χ1) is 13.5. The van der Waals surface area contributed by atoms with Crippen molar-refractivity contribution in [2.75, 3.05) is 32.1 Å². The van der Waals surface area contributed by atoms with E-state index in [4.69, 9.17) is 17.0 Å². The molecule has 1 aliphatic rings. The van der Waals surface area contributed by atoms with Crippen molar-refractivity contribution in [1.29, 1.82) is 0 Å². The third kappa shape index (κ3) is 3.96. The molecule has 9 heteroatoms. The van der Waals surface area contributed by atoms with E-state index in [1.54, 1.807) is 30.3 Å². The molecule has 1 amide bonds. The SMILES string of the molecule is CCCN1C(=O)/C(=C\c2c(NCCOC)nc3c(C)cccn3c2=O)SC1=S. The van der Waals surface area contributed by atoms with Gasteiger partial charge in [0.1, 0.15) is 15.8 Å². The minimum absolute atomic E-state index is 0.173. The standard InChI is InChI=1S/C19H22N4O3S2/c1-4-8-23-18(25)14(28-19(23)27)11-13-15(20-7-10-26-3)21-16-12(2)6-5-9-22(16)17(13)24/h5-6,9,11,20H,4,7-8,10H2,1-3H3/b14-11+. The van der Waals surface area contributed by atoms with Crippen LogP contribution in [-0.2, 0) is 9.53 Å². The first-order valence-corrected chi connectivity index (χ1v) is 10.2. The number of fused-ring (bicyclic) bond motifs is 1. The topological polar surface area (TPSA) is 75.9 Å². The fraction of sp³-hybridized carbons (Fsp3) is 0.368. The monoisotopic (exact) mass is 418 g/mol. The third-order valence-electron chi connectivity index (χ3n) is 4.28. The van der Waals surface area contributed by atoms with Crippen LogP contribution in [0.1, 0.15) is 24.5 Å². The van der Waals surface area contributed by atoms with Gasteiger partial charge in [0, 0.05) is 26.4 Å². The molecule has 1 fully saturated rings. The fourth-order valence-corrected chi connectivity index (χ4v) is 4.19. The van der Waals surface area contributed by atoms with Gasteiger partial charge < -0.3 is 10.1 Å². The van der Waals surface area contributed by atoms with Gasteiger partial charge in [0.25, 0.3) is 11.5 Å². The number of thiocarbonyl (C=S) groups is 1. The average molecular weight is 419 g/mol. The van der Waals surface area contributed by atoms with Crippen molar-refractivity contribution in [2.24, 2.45) is 0 Å². The number of nitrogens with zero attached hydrogens (tertiary/aromatic N) is 3. The van der Waals surface area contributed by atoms with Crippen LogP contribution in [0.2, 0.25) is 0 Å². The van der Waals surface area contributed by atoms with Gasteiger partial charge in [0.2, 0.25) is 0 Å². The maximum Gasteiger partial charge on any atom is 0.267 e. The summed E-state index contributed by atoms with van der Waals surface area (Å²) in [6.45, 7) is 5.41. The Hall–Kier alpha value is -2.23. The molecule has 3 heterocycles. The number of aromatic nitrogens is 2. The summed E-state index contributed by atoms with van der Waals surface area (Å²) >= 11 is 6.53. The summed E-state index contributed by atoms with van der Waals surface area (Å²) in [7, 11) is 1.61. The predicted molar refractivity (Wildman–Crippen MR) is 117 cm³/mol. The normalized spacial score (nSPS) is 15.8. The molecule has 3 rings (SSSR count). The van der Waals surface area contributed by atoms with Gasteiger partial charge in [-0.25, -0.2) is 4.98 Å². The predicted octanol–water partition coefficient (Wildman–Crippen LogP) is 2.67. The molecule has 0 atom stereocenters. The molecule has 1 N–H and O–H groups in total. The van der Waals surface area contributed by atoms with Crippen molar-refractivity contribution in [1.82, 2.24) is 14.3 Å². The highest BCUT2D eigenvalue weighted by atomic mass is 32.2. The number of carbonyl (C=O) groups is 1. The number of methoxy groups -OCH3 is 1. The molecule has 2 aromatic rings. The summed E-state index contributed by atoms with van der Waals surface area (Å²) in [4.78, 5) is 32.5. The highest BCUT2D eigenvalue weighted by molar-refractivity contribution is 8.26. The van der Waals surface area contributed by atoms with Crippen LogP contribution in [0.4, 0.5) is 5.82 Å². The Labute approximate surface area is 172 Å². The average Bonchev–Trinajstić information content (AvgIpc) is 2.93. The Morgan fingerprint density at radius 3 is 2.89 bits per heavy atom. The van der Waals surface area contributed by atoms with E-state index < -0.39 is 0 Å². The summed E-state index contributed by atoms with van der Waals surface area (Å²) in [5, 5.41) is 3.15. The number of nitrogens with one attached hydrogen (secondary N) is 1. The number of ether oxygens (including phenoxy) is 1. The third-order valence-corrected chi connectivity index (χ3v) is 5.66. The molecule has 0 radical (unpaired) electrons. The number of amides is 1. The van der Waals surface area contributed by atoms with E-state index in [9.17, 15) is 9.59 Å². The Morgan fingerprint density at radius 2 is 2.18 bits per heavy atom.